The largest absolute Gasteiger partial charge is 3.00 e. The number of hydrogen-bond acceptors (Lipinski definition) is 6. The summed E-state index contributed by atoms with van der Waals surface area (Å²) in [5, 5.41) is 0. The molecule has 0 heterocycles. The zero-order chi connectivity index (χ0) is 60.2. The van der Waals surface area contributed by atoms with Crippen LogP contribution < -0.4 is 14.7 Å². The fraction of sp³-hybridized carbons (Fsp3) is 1.00. The Bertz CT molecular complexity index is 1070. The Morgan fingerprint density at radius 2 is 0.232 bits per heavy atom. The predicted octanol–water partition coefficient (Wildman–Crippen LogP) is 25.4. The minimum absolute atomic E-state index is 0. The smallest absolute Gasteiger partial charge is 0.799 e. The molecular weight excluding hydrogens is 1110 g/mol. The van der Waals surface area contributed by atoms with Crippen molar-refractivity contribution in [2.75, 3.05) is 37.0 Å². The minimum atomic E-state index is -3.09. The molecule has 6 nitrogen and oxygen atoms in total. The third-order valence-electron chi connectivity index (χ3n) is 17.1. The molecule has 0 aromatic carbocycles. The van der Waals surface area contributed by atoms with Gasteiger partial charge in [-0.05, 0) is 75.5 Å². The summed E-state index contributed by atoms with van der Waals surface area (Å²) >= 11 is 0. The molecule has 82 heavy (non-hydrogen) atoms. The van der Waals surface area contributed by atoms with Crippen LogP contribution in [0.3, 0.4) is 0 Å². The average molecular weight is 1260 g/mol. The Balaban J connectivity index is -0.000000553. The Morgan fingerprint density at radius 3 is 0.317 bits per heavy atom. The van der Waals surface area contributed by atoms with Gasteiger partial charge in [-0.3, -0.25) is 0 Å². The minimum Gasteiger partial charge on any atom is -0.799 e. The maximum absolute atomic E-state index is 12.1. The van der Waals surface area contributed by atoms with Gasteiger partial charge in [-0.2, -0.15) is 0 Å². The van der Waals surface area contributed by atoms with Crippen LogP contribution in [0.4, 0.5) is 0 Å². The fourth-order valence-electron chi connectivity index (χ4n) is 11.4. The summed E-state index contributed by atoms with van der Waals surface area (Å²) in [5.41, 5.74) is 0. The van der Waals surface area contributed by atoms with Crippen molar-refractivity contribution in [3.05, 3.63) is 0 Å². The Labute approximate surface area is 528 Å². The van der Waals surface area contributed by atoms with Crippen LogP contribution in [0.25, 0.3) is 0 Å². The molecule has 495 valence electrons. The van der Waals surface area contributed by atoms with Crippen molar-refractivity contribution in [1.29, 1.82) is 0 Å². The SMILES string of the molecule is CCCCCCCCCCCCP(=O)([O-])CCCCCCCCCCCC.CCCCCCCCCCCCP(=O)([O-])CCCCCCCCCCCC.CCCCCCCCCCCCP(=O)([O-])CCCCCCCCCCCC.[Cr+3]. The summed E-state index contributed by atoms with van der Waals surface area (Å²) in [4.78, 5) is 36.4. The molecule has 0 spiro atoms. The Kier molecular flexibility index (Phi) is 81.4. The molecule has 0 unspecified atom stereocenters. The summed E-state index contributed by atoms with van der Waals surface area (Å²) in [6.07, 6.45) is 78.4. The monoisotopic (exact) mass is 1260 g/mol. The van der Waals surface area contributed by atoms with Crippen LogP contribution in [0.1, 0.15) is 427 Å². The van der Waals surface area contributed by atoms with E-state index in [1.54, 1.807) is 0 Å². The Morgan fingerprint density at radius 1 is 0.159 bits per heavy atom. The number of hydrogen-bond donors (Lipinski definition) is 0. The molecule has 0 fully saturated rings. The third kappa shape index (κ3) is 83.2. The van der Waals surface area contributed by atoms with E-state index in [9.17, 15) is 28.4 Å². The van der Waals surface area contributed by atoms with Gasteiger partial charge in [-0.25, -0.2) is 0 Å². The van der Waals surface area contributed by atoms with Crippen LogP contribution in [-0.4, -0.2) is 37.0 Å². The molecule has 0 amide bonds. The molecular formula is C72H150CrO6P3. The second-order valence-corrected chi connectivity index (χ2v) is 33.4. The second kappa shape index (κ2) is 74.6. The van der Waals surface area contributed by atoms with E-state index < -0.39 is 22.1 Å². The molecule has 10 heteroatoms. The van der Waals surface area contributed by atoms with E-state index in [2.05, 4.69) is 41.5 Å². The quantitative estimate of drug-likeness (QED) is 0.0442. The van der Waals surface area contributed by atoms with Crippen molar-refractivity contribution in [3.8, 4) is 0 Å². The first-order valence-corrected chi connectivity index (χ1v) is 43.2. The average Bonchev–Trinajstić information content (AvgIpc) is 3.44. The van der Waals surface area contributed by atoms with Crippen LogP contribution in [0.15, 0.2) is 0 Å². The van der Waals surface area contributed by atoms with E-state index >= 15 is 0 Å². The molecule has 0 atom stereocenters. The first kappa shape index (κ1) is 89.5. The Hall–Kier alpha value is 1.10. The molecule has 1 radical (unpaired) electrons. The maximum Gasteiger partial charge on any atom is 3.00 e. The summed E-state index contributed by atoms with van der Waals surface area (Å²) in [6, 6.07) is 0. The van der Waals surface area contributed by atoms with E-state index in [-0.39, 0.29) is 17.4 Å². The van der Waals surface area contributed by atoms with Gasteiger partial charge >= 0.3 is 17.4 Å². The summed E-state index contributed by atoms with van der Waals surface area (Å²) < 4.78 is 36.4. The van der Waals surface area contributed by atoms with E-state index in [1.165, 1.54) is 308 Å². The normalized spacial score (nSPS) is 11.8. The molecule has 0 rings (SSSR count). The van der Waals surface area contributed by atoms with Gasteiger partial charge < -0.3 is 28.4 Å². The van der Waals surface area contributed by atoms with Crippen molar-refractivity contribution < 1.29 is 45.7 Å². The van der Waals surface area contributed by atoms with E-state index in [1.807, 2.05) is 0 Å². The van der Waals surface area contributed by atoms with Crippen LogP contribution in [-0.2, 0) is 31.1 Å². The van der Waals surface area contributed by atoms with E-state index in [4.69, 9.17) is 0 Å². The molecule has 0 aliphatic heterocycles. The molecule has 0 aliphatic rings. The van der Waals surface area contributed by atoms with E-state index in [0.29, 0.717) is 37.0 Å². The van der Waals surface area contributed by atoms with Gasteiger partial charge in [-0.1, -0.05) is 388 Å². The van der Waals surface area contributed by atoms with E-state index in [0.717, 1.165) is 77.0 Å². The second-order valence-electron chi connectivity index (χ2n) is 25.9. The molecule has 0 N–H and O–H groups in total. The fourth-order valence-corrected chi connectivity index (χ4v) is 16.3. The summed E-state index contributed by atoms with van der Waals surface area (Å²) in [7, 11) is -9.27. The van der Waals surface area contributed by atoms with Crippen molar-refractivity contribution in [2.24, 2.45) is 0 Å². The van der Waals surface area contributed by atoms with Gasteiger partial charge in [0, 0.05) is 22.1 Å². The molecule has 0 saturated heterocycles. The van der Waals surface area contributed by atoms with Crippen molar-refractivity contribution in [2.45, 2.75) is 427 Å². The molecule has 0 aromatic heterocycles. The topological polar surface area (TPSA) is 120 Å². The summed E-state index contributed by atoms with van der Waals surface area (Å²) in [5.74, 6) is 0. The molecule has 0 saturated carbocycles. The third-order valence-corrected chi connectivity index (χ3v) is 23.1. The van der Waals surface area contributed by atoms with Crippen molar-refractivity contribution in [3.63, 3.8) is 0 Å². The summed E-state index contributed by atoms with van der Waals surface area (Å²) in [6.45, 7) is 13.5. The standard InChI is InChI=1S/3C24H51O2P.Cr/c3*1-3-5-7-9-11-13-15-17-19-21-23-27(25,26)24-22-20-18-16-14-12-10-8-6-4-2;/h3*3-24H2,1-2H3,(H,25,26);/q;;;+3/p-3. The molecule has 0 aliphatic carbocycles. The van der Waals surface area contributed by atoms with Gasteiger partial charge in [-0.15, -0.1) is 0 Å². The van der Waals surface area contributed by atoms with Crippen LogP contribution in [0.5, 0.6) is 0 Å². The van der Waals surface area contributed by atoms with Crippen LogP contribution in [0, 0.1) is 0 Å². The van der Waals surface area contributed by atoms with Gasteiger partial charge in [0.2, 0.25) is 0 Å². The first-order chi connectivity index (χ1) is 39.4. The van der Waals surface area contributed by atoms with Gasteiger partial charge in [0.05, 0.1) is 0 Å². The van der Waals surface area contributed by atoms with Gasteiger partial charge in [0.25, 0.3) is 0 Å². The van der Waals surface area contributed by atoms with Crippen LogP contribution >= 0.6 is 22.1 Å². The predicted molar refractivity (Wildman–Crippen MR) is 363 cm³/mol. The van der Waals surface area contributed by atoms with Crippen molar-refractivity contribution >= 4 is 22.1 Å². The molecule has 0 bridgehead atoms. The molecule has 0 aromatic rings. The van der Waals surface area contributed by atoms with Crippen molar-refractivity contribution in [1.82, 2.24) is 0 Å². The zero-order valence-electron chi connectivity index (χ0n) is 56.9. The number of unbranched alkanes of at least 4 members (excludes halogenated alkanes) is 54. The maximum atomic E-state index is 12.1. The van der Waals surface area contributed by atoms with Crippen LogP contribution in [0.2, 0.25) is 0 Å². The first-order valence-electron chi connectivity index (χ1n) is 37.2. The zero-order valence-corrected chi connectivity index (χ0v) is 60.8. The number of rotatable bonds is 66. The van der Waals surface area contributed by atoms with Gasteiger partial charge in [0.15, 0.2) is 0 Å². The van der Waals surface area contributed by atoms with Gasteiger partial charge in [0.1, 0.15) is 0 Å².